The van der Waals surface area contributed by atoms with Crippen molar-refractivity contribution in [2.45, 2.75) is 57.7 Å². The Hall–Kier alpha value is -3.65. The lowest BCUT2D eigenvalue weighted by molar-refractivity contribution is -0.325. The highest BCUT2D eigenvalue weighted by Crippen LogP contribution is 2.33. The number of nitrogens with one attached hydrogen (secondary N) is 1. The summed E-state index contributed by atoms with van der Waals surface area (Å²) in [4.78, 5) is 31.8. The van der Waals surface area contributed by atoms with Crippen LogP contribution in [0.1, 0.15) is 55.9 Å². The molecule has 1 N–H and O–H groups in total. The SMILES string of the molecule is CC(C)(C)OC(=O)N1C[C@@H](NC(=O)c2ccc3cc(Cl)cnc3c2)CC[C@@H]1c1nnc(OCCOC(F)(F)F)o1. The number of piperidine rings is 1. The molecule has 1 aliphatic heterocycles. The highest BCUT2D eigenvalue weighted by atomic mass is 35.5. The minimum atomic E-state index is -4.79. The predicted molar refractivity (Wildman–Crippen MR) is 135 cm³/mol. The van der Waals surface area contributed by atoms with Gasteiger partial charge < -0.3 is 19.2 Å². The van der Waals surface area contributed by atoms with Crippen LogP contribution in [0.2, 0.25) is 5.02 Å². The van der Waals surface area contributed by atoms with E-state index in [1.165, 1.54) is 11.1 Å². The van der Waals surface area contributed by atoms with Crippen molar-refractivity contribution < 1.29 is 41.4 Å². The summed E-state index contributed by atoms with van der Waals surface area (Å²) in [6.45, 7) is 3.97. The summed E-state index contributed by atoms with van der Waals surface area (Å²) in [7, 11) is 0. The molecule has 0 aliphatic carbocycles. The smallest absolute Gasteiger partial charge is 0.447 e. The van der Waals surface area contributed by atoms with E-state index >= 15 is 0 Å². The van der Waals surface area contributed by atoms with Gasteiger partial charge in [0, 0.05) is 29.7 Å². The molecule has 0 unspecified atom stereocenters. The third-order valence-electron chi connectivity index (χ3n) is 5.74. The summed E-state index contributed by atoms with van der Waals surface area (Å²) in [5.74, 6) is -0.331. The lowest BCUT2D eigenvalue weighted by Gasteiger charge is -2.38. The summed E-state index contributed by atoms with van der Waals surface area (Å²) in [5.41, 5.74) is 0.192. The molecule has 1 fully saturated rings. The van der Waals surface area contributed by atoms with Crippen molar-refractivity contribution in [1.29, 1.82) is 0 Å². The number of hydrogen-bond donors (Lipinski definition) is 1. The Kier molecular flexibility index (Phi) is 8.68. The number of nitrogens with zero attached hydrogens (tertiary/aromatic N) is 4. The van der Waals surface area contributed by atoms with E-state index in [0.717, 1.165) is 5.39 Å². The lowest BCUT2D eigenvalue weighted by atomic mass is 9.98. The molecule has 3 heterocycles. The molecular weight excluding hydrogens is 559 g/mol. The molecule has 0 spiro atoms. The van der Waals surface area contributed by atoms with Gasteiger partial charge in [0.25, 0.3) is 5.91 Å². The summed E-state index contributed by atoms with van der Waals surface area (Å²) in [6, 6.07) is 5.66. The van der Waals surface area contributed by atoms with Crippen molar-refractivity contribution in [2.24, 2.45) is 0 Å². The van der Waals surface area contributed by atoms with Crippen molar-refractivity contribution >= 4 is 34.5 Å². The first-order valence-corrected chi connectivity index (χ1v) is 12.7. The number of fused-ring (bicyclic) bond motifs is 1. The molecule has 40 heavy (non-hydrogen) atoms. The van der Waals surface area contributed by atoms with Crippen LogP contribution < -0.4 is 10.1 Å². The van der Waals surface area contributed by atoms with Crippen molar-refractivity contribution in [2.75, 3.05) is 19.8 Å². The first kappa shape index (κ1) is 29.3. The van der Waals surface area contributed by atoms with E-state index < -0.39 is 43.4 Å². The minimum Gasteiger partial charge on any atom is -0.447 e. The van der Waals surface area contributed by atoms with Crippen molar-refractivity contribution in [3.63, 3.8) is 0 Å². The third kappa shape index (κ3) is 7.94. The van der Waals surface area contributed by atoms with Crippen LogP contribution >= 0.6 is 11.6 Å². The van der Waals surface area contributed by atoms with Crippen LogP contribution in [0.5, 0.6) is 6.08 Å². The van der Waals surface area contributed by atoms with Gasteiger partial charge in [-0.3, -0.25) is 19.4 Å². The summed E-state index contributed by atoms with van der Waals surface area (Å²) < 4.78 is 56.1. The summed E-state index contributed by atoms with van der Waals surface area (Å²) in [5, 5.41) is 11.8. The number of amides is 2. The van der Waals surface area contributed by atoms with Crippen molar-refractivity contribution in [3.8, 4) is 6.08 Å². The van der Waals surface area contributed by atoms with Gasteiger partial charge in [0.05, 0.1) is 17.1 Å². The molecule has 11 nitrogen and oxygen atoms in total. The van der Waals surface area contributed by atoms with Gasteiger partial charge in [-0.05, 0) is 51.8 Å². The van der Waals surface area contributed by atoms with Gasteiger partial charge in [-0.2, -0.15) is 0 Å². The Morgan fingerprint density at radius 3 is 2.65 bits per heavy atom. The number of aromatic nitrogens is 3. The van der Waals surface area contributed by atoms with Gasteiger partial charge in [0.15, 0.2) is 0 Å². The van der Waals surface area contributed by atoms with E-state index in [0.29, 0.717) is 28.9 Å². The van der Waals surface area contributed by atoms with Gasteiger partial charge in [0.1, 0.15) is 18.2 Å². The molecule has 2 atom stereocenters. The Morgan fingerprint density at radius 1 is 1.15 bits per heavy atom. The minimum absolute atomic E-state index is 0.0154. The largest absolute Gasteiger partial charge is 0.522 e. The maximum Gasteiger partial charge on any atom is 0.522 e. The second-order valence-electron chi connectivity index (χ2n) is 10.0. The van der Waals surface area contributed by atoms with Gasteiger partial charge in [-0.15, -0.1) is 18.3 Å². The topological polar surface area (TPSA) is 129 Å². The van der Waals surface area contributed by atoms with Crippen LogP contribution in [0.3, 0.4) is 0 Å². The lowest BCUT2D eigenvalue weighted by Crippen LogP contribution is -2.52. The first-order valence-electron chi connectivity index (χ1n) is 12.3. The maximum absolute atomic E-state index is 13.1. The van der Waals surface area contributed by atoms with Crippen LogP contribution in [-0.4, -0.2) is 69.8 Å². The molecule has 2 amide bonds. The maximum atomic E-state index is 13.1. The average Bonchev–Trinajstić information content (AvgIpc) is 3.33. The number of carbonyl (C=O) groups is 2. The number of alkyl halides is 3. The highest BCUT2D eigenvalue weighted by Gasteiger charge is 2.39. The normalized spacial score (nSPS) is 18.0. The van der Waals surface area contributed by atoms with Gasteiger partial charge in [0.2, 0.25) is 5.89 Å². The molecule has 0 radical (unpaired) electrons. The van der Waals surface area contributed by atoms with Crippen LogP contribution in [0.4, 0.5) is 18.0 Å². The second-order valence-corrected chi connectivity index (χ2v) is 10.4. The summed E-state index contributed by atoms with van der Waals surface area (Å²) in [6.07, 6.45) is -3.55. The second kappa shape index (κ2) is 11.8. The van der Waals surface area contributed by atoms with E-state index in [-0.39, 0.29) is 24.4 Å². The molecule has 0 bridgehead atoms. The Bertz CT molecular complexity index is 1360. The van der Waals surface area contributed by atoms with Gasteiger partial charge >= 0.3 is 18.5 Å². The van der Waals surface area contributed by atoms with Crippen LogP contribution in [0.25, 0.3) is 10.9 Å². The zero-order valence-electron chi connectivity index (χ0n) is 21.8. The number of halogens is 4. The van der Waals surface area contributed by atoms with Crippen LogP contribution in [-0.2, 0) is 9.47 Å². The zero-order valence-corrected chi connectivity index (χ0v) is 22.6. The van der Waals surface area contributed by atoms with E-state index in [1.807, 2.05) is 0 Å². The monoisotopic (exact) mass is 585 g/mol. The highest BCUT2D eigenvalue weighted by molar-refractivity contribution is 6.31. The fraction of sp³-hybridized carbons (Fsp3) is 0.480. The molecule has 0 saturated carbocycles. The molecule has 1 aromatic carbocycles. The molecule has 2 aromatic heterocycles. The number of ether oxygens (including phenoxy) is 3. The molecule has 4 rings (SSSR count). The van der Waals surface area contributed by atoms with Crippen LogP contribution in [0, 0.1) is 0 Å². The van der Waals surface area contributed by atoms with Gasteiger partial charge in [-0.1, -0.05) is 22.8 Å². The van der Waals surface area contributed by atoms with Gasteiger partial charge in [-0.25, -0.2) is 4.79 Å². The number of carbonyl (C=O) groups excluding carboxylic acids is 2. The third-order valence-corrected chi connectivity index (χ3v) is 5.95. The predicted octanol–water partition coefficient (Wildman–Crippen LogP) is 5.06. The molecule has 216 valence electrons. The van der Waals surface area contributed by atoms with E-state index in [2.05, 4.69) is 25.2 Å². The standard InChI is InChI=1S/C25H27ClF3N5O6/c1-24(2,3)40-23(36)34-13-17(31-20(35)15-5-4-14-10-16(26)12-30-18(14)11-15)6-7-19(34)21-32-33-22(39-21)37-8-9-38-25(27,28)29/h4-5,10-12,17,19H,6-9,13H2,1-3H3,(H,31,35)/t17-,19+/m0/s1. The molecule has 3 aromatic rings. The Morgan fingerprint density at radius 2 is 1.93 bits per heavy atom. The fourth-order valence-corrected chi connectivity index (χ4v) is 4.24. The average molecular weight is 586 g/mol. The quantitative estimate of drug-likeness (QED) is 0.378. The zero-order chi connectivity index (χ0) is 29.1. The Labute approximate surface area is 231 Å². The number of rotatable bonds is 7. The van der Waals surface area contributed by atoms with E-state index in [4.69, 9.17) is 25.5 Å². The molecule has 1 saturated heterocycles. The Balaban J connectivity index is 1.44. The first-order chi connectivity index (χ1) is 18.8. The number of hydrogen-bond acceptors (Lipinski definition) is 9. The number of benzene rings is 1. The van der Waals surface area contributed by atoms with E-state index in [1.54, 1.807) is 45.0 Å². The van der Waals surface area contributed by atoms with Crippen molar-refractivity contribution in [1.82, 2.24) is 25.4 Å². The summed E-state index contributed by atoms with van der Waals surface area (Å²) >= 11 is 5.98. The van der Waals surface area contributed by atoms with Crippen molar-refractivity contribution in [3.05, 3.63) is 46.9 Å². The van der Waals surface area contributed by atoms with Crippen LogP contribution in [0.15, 0.2) is 34.9 Å². The molecular formula is C25H27ClF3N5O6. The fourth-order valence-electron chi connectivity index (χ4n) is 4.07. The molecule has 15 heteroatoms. The van der Waals surface area contributed by atoms with E-state index in [9.17, 15) is 22.8 Å². The number of likely N-dealkylation sites (tertiary alicyclic amines) is 1. The molecule has 1 aliphatic rings. The number of pyridine rings is 1.